The third-order valence-electron chi connectivity index (χ3n) is 2.42. The smallest absolute Gasteiger partial charge is 0.315 e. The molecule has 0 fully saturated rings. The molecule has 0 bridgehead atoms. The first kappa shape index (κ1) is 14.5. The number of esters is 1. The molecular weight excluding hydrogens is 302 g/mol. The van der Waals surface area contributed by atoms with Gasteiger partial charge in [-0.3, -0.25) is 9.59 Å². The Morgan fingerprint density at radius 3 is 2.50 bits per heavy atom. The van der Waals surface area contributed by atoms with Crippen LogP contribution in [0.4, 0.5) is 5.69 Å². The van der Waals surface area contributed by atoms with Crippen molar-refractivity contribution in [3.05, 3.63) is 22.7 Å². The second-order valence-corrected chi connectivity index (χ2v) is 4.38. The number of anilines is 1. The Bertz CT molecular complexity index is 461. The van der Waals surface area contributed by atoms with E-state index in [-0.39, 0.29) is 12.3 Å². The predicted molar refractivity (Wildman–Crippen MR) is 70.7 cm³/mol. The second kappa shape index (κ2) is 6.39. The fourth-order valence-electron chi connectivity index (χ4n) is 1.32. The maximum Gasteiger partial charge on any atom is 0.315 e. The van der Waals surface area contributed by atoms with E-state index < -0.39 is 5.97 Å². The molecule has 18 heavy (non-hydrogen) atoms. The van der Waals surface area contributed by atoms with Gasteiger partial charge in [-0.15, -0.1) is 0 Å². The monoisotopic (exact) mass is 315 g/mol. The van der Waals surface area contributed by atoms with Gasteiger partial charge in [0.15, 0.2) is 0 Å². The Morgan fingerprint density at radius 2 is 2.00 bits per heavy atom. The first-order valence-electron chi connectivity index (χ1n) is 5.16. The quantitative estimate of drug-likeness (QED) is 0.630. The van der Waals surface area contributed by atoms with Crippen LogP contribution in [-0.4, -0.2) is 33.1 Å². The molecule has 0 aromatic heterocycles. The number of hydrogen-bond acceptors (Lipinski definition) is 4. The molecule has 0 N–H and O–H groups in total. The third kappa shape index (κ3) is 3.46. The minimum absolute atomic E-state index is 0.281. The molecule has 5 nitrogen and oxygen atoms in total. The molecule has 1 aromatic carbocycles. The molecule has 0 aliphatic heterocycles. The lowest BCUT2D eigenvalue weighted by atomic mass is 10.2. The highest BCUT2D eigenvalue weighted by molar-refractivity contribution is 9.10. The molecule has 6 heteroatoms. The Labute approximate surface area is 114 Å². The minimum atomic E-state index is -0.556. The van der Waals surface area contributed by atoms with Crippen LogP contribution in [0.5, 0.6) is 5.75 Å². The van der Waals surface area contributed by atoms with Gasteiger partial charge >= 0.3 is 5.97 Å². The molecule has 0 saturated heterocycles. The van der Waals surface area contributed by atoms with Crippen LogP contribution in [0.15, 0.2) is 22.7 Å². The van der Waals surface area contributed by atoms with Crippen molar-refractivity contribution in [1.29, 1.82) is 0 Å². The number of benzene rings is 1. The van der Waals surface area contributed by atoms with Gasteiger partial charge in [-0.1, -0.05) is 0 Å². The first-order chi connectivity index (χ1) is 8.49. The van der Waals surface area contributed by atoms with Crippen molar-refractivity contribution in [3.63, 3.8) is 0 Å². The zero-order chi connectivity index (χ0) is 13.7. The summed E-state index contributed by atoms with van der Waals surface area (Å²) < 4.78 is 10.3. The van der Waals surface area contributed by atoms with Gasteiger partial charge in [-0.05, 0) is 34.1 Å². The van der Waals surface area contributed by atoms with Crippen LogP contribution < -0.4 is 9.64 Å². The van der Waals surface area contributed by atoms with Crippen molar-refractivity contribution in [2.45, 2.75) is 6.42 Å². The summed E-state index contributed by atoms with van der Waals surface area (Å²) in [6.07, 6.45) is -0.281. The third-order valence-corrected chi connectivity index (χ3v) is 3.04. The minimum Gasteiger partial charge on any atom is -0.496 e. The lowest BCUT2D eigenvalue weighted by Crippen LogP contribution is -2.28. The van der Waals surface area contributed by atoms with Gasteiger partial charge in [-0.25, -0.2) is 0 Å². The number of carbonyl (C=O) groups is 2. The lowest BCUT2D eigenvalue weighted by Gasteiger charge is -2.17. The topological polar surface area (TPSA) is 55.8 Å². The van der Waals surface area contributed by atoms with E-state index in [1.54, 1.807) is 32.4 Å². The van der Waals surface area contributed by atoms with Crippen LogP contribution in [0.3, 0.4) is 0 Å². The zero-order valence-corrected chi connectivity index (χ0v) is 12.0. The standard InChI is InChI=1S/C12H14BrNO4/c1-14(11(15)7-12(16)18-3)8-4-5-10(17-2)9(13)6-8/h4-6H,7H2,1-3H3. The van der Waals surface area contributed by atoms with Crippen LogP contribution >= 0.6 is 15.9 Å². The molecule has 0 atom stereocenters. The summed E-state index contributed by atoms with van der Waals surface area (Å²) in [5, 5.41) is 0. The summed E-state index contributed by atoms with van der Waals surface area (Å²) in [6.45, 7) is 0. The van der Waals surface area contributed by atoms with Crippen LogP contribution in [0.2, 0.25) is 0 Å². The fourth-order valence-corrected chi connectivity index (χ4v) is 1.85. The summed E-state index contributed by atoms with van der Waals surface area (Å²) in [4.78, 5) is 24.2. The Balaban J connectivity index is 2.83. The van der Waals surface area contributed by atoms with Crippen molar-refractivity contribution in [2.24, 2.45) is 0 Å². The Hall–Kier alpha value is -1.56. The predicted octanol–water partition coefficient (Wildman–Crippen LogP) is 1.98. The Kier molecular flexibility index (Phi) is 5.15. The van der Waals surface area contributed by atoms with Gasteiger partial charge < -0.3 is 14.4 Å². The van der Waals surface area contributed by atoms with E-state index in [1.807, 2.05) is 0 Å². The summed E-state index contributed by atoms with van der Waals surface area (Å²) in [7, 11) is 4.41. The number of ether oxygens (including phenoxy) is 2. The number of hydrogen-bond donors (Lipinski definition) is 0. The van der Waals surface area contributed by atoms with Crippen LogP contribution in [-0.2, 0) is 14.3 Å². The van der Waals surface area contributed by atoms with E-state index in [4.69, 9.17) is 4.74 Å². The molecule has 98 valence electrons. The molecule has 0 aliphatic carbocycles. The number of nitrogens with zero attached hydrogens (tertiary/aromatic N) is 1. The molecule has 0 unspecified atom stereocenters. The number of amides is 1. The van der Waals surface area contributed by atoms with E-state index >= 15 is 0 Å². The highest BCUT2D eigenvalue weighted by Gasteiger charge is 2.16. The van der Waals surface area contributed by atoms with Crippen LogP contribution in [0.1, 0.15) is 6.42 Å². The molecule has 0 heterocycles. The normalized spacial score (nSPS) is 9.78. The molecular formula is C12H14BrNO4. The largest absolute Gasteiger partial charge is 0.496 e. The fraction of sp³-hybridized carbons (Fsp3) is 0.333. The maximum atomic E-state index is 11.8. The molecule has 0 saturated carbocycles. The average Bonchev–Trinajstić information content (AvgIpc) is 2.37. The van der Waals surface area contributed by atoms with E-state index in [0.29, 0.717) is 11.4 Å². The van der Waals surface area contributed by atoms with Gasteiger partial charge in [0.25, 0.3) is 0 Å². The molecule has 1 amide bonds. The van der Waals surface area contributed by atoms with Gasteiger partial charge in [-0.2, -0.15) is 0 Å². The summed E-state index contributed by atoms with van der Waals surface area (Å²) in [5.74, 6) is -0.217. The highest BCUT2D eigenvalue weighted by atomic mass is 79.9. The van der Waals surface area contributed by atoms with Crippen molar-refractivity contribution >= 4 is 33.5 Å². The van der Waals surface area contributed by atoms with Crippen molar-refractivity contribution in [2.75, 3.05) is 26.2 Å². The lowest BCUT2D eigenvalue weighted by molar-refractivity contribution is -0.143. The number of carbonyl (C=O) groups excluding carboxylic acids is 2. The van der Waals surface area contributed by atoms with Gasteiger partial charge in [0, 0.05) is 12.7 Å². The van der Waals surface area contributed by atoms with E-state index in [2.05, 4.69) is 20.7 Å². The van der Waals surface area contributed by atoms with E-state index in [1.165, 1.54) is 12.0 Å². The summed E-state index contributed by atoms with van der Waals surface area (Å²) in [6, 6.07) is 5.22. The SMILES string of the molecule is COC(=O)CC(=O)N(C)c1ccc(OC)c(Br)c1. The number of halogens is 1. The first-order valence-corrected chi connectivity index (χ1v) is 5.95. The molecule has 0 radical (unpaired) electrons. The zero-order valence-electron chi connectivity index (χ0n) is 10.4. The van der Waals surface area contributed by atoms with Crippen molar-refractivity contribution < 1.29 is 19.1 Å². The maximum absolute atomic E-state index is 11.8. The second-order valence-electron chi connectivity index (χ2n) is 3.52. The molecule has 1 rings (SSSR count). The van der Waals surface area contributed by atoms with E-state index in [9.17, 15) is 9.59 Å². The number of rotatable bonds is 4. The highest BCUT2D eigenvalue weighted by Crippen LogP contribution is 2.29. The molecule has 0 spiro atoms. The van der Waals surface area contributed by atoms with Crippen LogP contribution in [0, 0.1) is 0 Å². The van der Waals surface area contributed by atoms with Crippen molar-refractivity contribution in [3.8, 4) is 5.75 Å². The Morgan fingerprint density at radius 1 is 1.33 bits per heavy atom. The molecule has 0 aliphatic rings. The van der Waals surface area contributed by atoms with Crippen molar-refractivity contribution in [1.82, 2.24) is 0 Å². The summed E-state index contributed by atoms with van der Waals surface area (Å²) >= 11 is 3.33. The molecule has 1 aromatic rings. The van der Waals surface area contributed by atoms with Crippen LogP contribution in [0.25, 0.3) is 0 Å². The van der Waals surface area contributed by atoms with Gasteiger partial charge in [0.2, 0.25) is 5.91 Å². The van der Waals surface area contributed by atoms with Gasteiger partial charge in [0.05, 0.1) is 18.7 Å². The summed E-state index contributed by atoms with van der Waals surface area (Å²) in [5.41, 5.74) is 0.663. The van der Waals surface area contributed by atoms with E-state index in [0.717, 1.165) is 4.47 Å². The average molecular weight is 316 g/mol. The van der Waals surface area contributed by atoms with Gasteiger partial charge in [0.1, 0.15) is 12.2 Å². The number of methoxy groups -OCH3 is 2.